The van der Waals surface area contributed by atoms with Crippen LogP contribution in [0.5, 0.6) is 5.75 Å². The first kappa shape index (κ1) is 24.2. The predicted octanol–water partition coefficient (Wildman–Crippen LogP) is 5.42. The summed E-state index contributed by atoms with van der Waals surface area (Å²) in [5.74, 6) is 0.428. The molecule has 196 valence electrons. The topological polar surface area (TPSA) is 79.5 Å². The Labute approximate surface area is 229 Å². The Bertz CT molecular complexity index is 1500. The van der Waals surface area contributed by atoms with Crippen LogP contribution in [0.3, 0.4) is 0 Å². The van der Waals surface area contributed by atoms with Gasteiger partial charge in [-0.15, -0.1) is 11.8 Å². The van der Waals surface area contributed by atoms with E-state index in [9.17, 15) is 14.4 Å². The fourth-order valence-electron chi connectivity index (χ4n) is 7.57. The van der Waals surface area contributed by atoms with Crippen molar-refractivity contribution < 1.29 is 14.3 Å². The zero-order valence-corrected chi connectivity index (χ0v) is 23.4. The zero-order valence-electron chi connectivity index (χ0n) is 21.8. The van der Waals surface area contributed by atoms with Gasteiger partial charge in [0.1, 0.15) is 5.75 Å². The molecule has 1 aromatic heterocycles. The molecule has 4 aliphatic rings. The molecule has 1 saturated heterocycles. The van der Waals surface area contributed by atoms with Gasteiger partial charge < -0.3 is 9.72 Å². The number of thiazole rings is 1. The number of H-pyrrole nitrogens is 1. The molecule has 0 unspecified atom stereocenters. The highest BCUT2D eigenvalue weighted by Crippen LogP contribution is 2.68. The number of benzene rings is 2. The number of imide groups is 1. The van der Waals surface area contributed by atoms with Gasteiger partial charge in [-0.2, -0.15) is 0 Å². The van der Waals surface area contributed by atoms with Crippen LogP contribution in [0.25, 0.3) is 0 Å². The number of aromatic nitrogens is 1. The van der Waals surface area contributed by atoms with Crippen LogP contribution in [-0.4, -0.2) is 29.2 Å². The molecular formula is C30H30N2O4S2. The van der Waals surface area contributed by atoms with Crippen LogP contribution >= 0.6 is 23.1 Å². The first-order valence-electron chi connectivity index (χ1n) is 13.2. The summed E-state index contributed by atoms with van der Waals surface area (Å²) >= 11 is 3.03. The average molecular weight is 547 g/mol. The fraction of sp³-hybridized carbons (Fsp3) is 0.433. The molecule has 2 amide bonds. The minimum Gasteiger partial charge on any atom is -0.497 e. The van der Waals surface area contributed by atoms with Crippen LogP contribution in [-0.2, 0) is 15.0 Å². The van der Waals surface area contributed by atoms with Gasteiger partial charge in [-0.25, -0.2) is 0 Å². The lowest BCUT2D eigenvalue weighted by atomic mass is 9.68. The Balaban J connectivity index is 1.29. The SMILES string of the molecule is COc1ccc(N2C(=O)[C@@H]3[C@H]4C[C@@H]([C@@H]3C2=O)[C@@H]2[C@H](c3ccc(C(C)(C)C)cc3)c3sc(=O)[nH]c3S[C@H]42)cc1. The second-order valence-electron chi connectivity index (χ2n) is 12.0. The van der Waals surface area contributed by atoms with Gasteiger partial charge in [0, 0.05) is 16.0 Å². The van der Waals surface area contributed by atoms with Crippen LogP contribution in [0.2, 0.25) is 0 Å². The standard InChI is InChI=1S/C30H30N2O4S2/c1-30(2,3)15-7-5-14(6-8-15)20-21-18-13-19(24(21)37-26-25(20)38-29(35)31-26)23-22(18)27(33)32(28(23)34)16-9-11-17(36-4)12-10-16/h5-12,18-24H,13H2,1-4H3,(H,31,35)/t18-,19-,20+,21-,22+,23-,24-/m1/s1. The lowest BCUT2D eigenvalue weighted by Gasteiger charge is -2.43. The lowest BCUT2D eigenvalue weighted by Crippen LogP contribution is -2.42. The van der Waals surface area contributed by atoms with E-state index in [0.29, 0.717) is 11.4 Å². The first-order valence-corrected chi connectivity index (χ1v) is 14.9. The van der Waals surface area contributed by atoms with E-state index in [4.69, 9.17) is 4.74 Å². The van der Waals surface area contributed by atoms with E-state index in [1.807, 2.05) is 0 Å². The maximum absolute atomic E-state index is 13.9. The number of methoxy groups -OCH3 is 1. The second-order valence-corrected chi connectivity index (χ2v) is 14.2. The molecule has 38 heavy (non-hydrogen) atoms. The van der Waals surface area contributed by atoms with Crippen molar-refractivity contribution in [3.05, 3.63) is 74.2 Å². The van der Waals surface area contributed by atoms with Gasteiger partial charge in [0.25, 0.3) is 0 Å². The maximum atomic E-state index is 13.9. The zero-order chi connectivity index (χ0) is 26.5. The quantitative estimate of drug-likeness (QED) is 0.444. The third-order valence-electron chi connectivity index (χ3n) is 9.19. The third-order valence-corrected chi connectivity index (χ3v) is 11.8. The molecular weight excluding hydrogens is 516 g/mol. The summed E-state index contributed by atoms with van der Waals surface area (Å²) in [6.07, 6.45) is 0.890. The molecule has 2 aliphatic heterocycles. The van der Waals surface area contributed by atoms with E-state index in [1.54, 1.807) is 43.1 Å². The van der Waals surface area contributed by atoms with Crippen molar-refractivity contribution in [3.63, 3.8) is 0 Å². The Morgan fingerprint density at radius 2 is 1.58 bits per heavy atom. The summed E-state index contributed by atoms with van der Waals surface area (Å²) in [4.78, 5) is 45.7. The third kappa shape index (κ3) is 3.35. The number of carbonyl (C=O) groups is 2. The van der Waals surface area contributed by atoms with E-state index in [2.05, 4.69) is 50.0 Å². The Kier molecular flexibility index (Phi) is 5.31. The molecule has 2 aliphatic carbocycles. The highest BCUT2D eigenvalue weighted by molar-refractivity contribution is 8.00. The summed E-state index contributed by atoms with van der Waals surface area (Å²) in [6.45, 7) is 6.62. The number of hydrogen-bond donors (Lipinski definition) is 1. The van der Waals surface area contributed by atoms with Crippen LogP contribution in [0.15, 0.2) is 58.4 Å². The van der Waals surface area contributed by atoms with Crippen molar-refractivity contribution in [1.29, 1.82) is 0 Å². The number of thioether (sulfide) groups is 1. The number of fused-ring (bicyclic) bond motifs is 9. The van der Waals surface area contributed by atoms with Gasteiger partial charge in [0.2, 0.25) is 11.8 Å². The molecule has 6 nitrogen and oxygen atoms in total. The van der Waals surface area contributed by atoms with Gasteiger partial charge >= 0.3 is 4.87 Å². The number of aromatic amines is 1. The number of ether oxygens (including phenoxy) is 1. The maximum Gasteiger partial charge on any atom is 0.305 e. The number of nitrogens with zero attached hydrogens (tertiary/aromatic N) is 1. The molecule has 3 heterocycles. The number of carbonyl (C=O) groups excluding carboxylic acids is 2. The number of nitrogens with one attached hydrogen (secondary N) is 1. The van der Waals surface area contributed by atoms with Crippen LogP contribution < -0.4 is 14.5 Å². The van der Waals surface area contributed by atoms with E-state index in [1.165, 1.54) is 27.4 Å². The highest BCUT2D eigenvalue weighted by atomic mass is 32.2. The number of amides is 2. The highest BCUT2D eigenvalue weighted by Gasteiger charge is 2.69. The average Bonchev–Trinajstić information content (AvgIpc) is 3.62. The molecule has 7 atom stereocenters. The molecule has 3 aromatic rings. The monoisotopic (exact) mass is 546 g/mol. The summed E-state index contributed by atoms with van der Waals surface area (Å²) in [5.41, 5.74) is 3.13. The van der Waals surface area contributed by atoms with Gasteiger partial charge in [0.15, 0.2) is 0 Å². The van der Waals surface area contributed by atoms with E-state index in [-0.39, 0.29) is 62.9 Å². The van der Waals surface area contributed by atoms with Gasteiger partial charge in [-0.1, -0.05) is 56.4 Å². The van der Waals surface area contributed by atoms with Crippen molar-refractivity contribution in [2.75, 3.05) is 12.0 Å². The first-order chi connectivity index (χ1) is 18.2. The molecule has 1 N–H and O–H groups in total. The number of anilines is 1. The molecule has 2 saturated carbocycles. The normalized spacial score (nSPS) is 31.4. The van der Waals surface area contributed by atoms with E-state index in [0.717, 1.165) is 16.3 Å². The molecule has 0 radical (unpaired) electrons. The van der Waals surface area contributed by atoms with Crippen molar-refractivity contribution >= 4 is 40.6 Å². The minimum absolute atomic E-state index is 0.0378. The Morgan fingerprint density at radius 1 is 0.921 bits per heavy atom. The Morgan fingerprint density at radius 3 is 2.21 bits per heavy atom. The van der Waals surface area contributed by atoms with E-state index < -0.39 is 0 Å². The second kappa shape index (κ2) is 8.33. The van der Waals surface area contributed by atoms with Crippen molar-refractivity contribution in [1.82, 2.24) is 4.98 Å². The minimum atomic E-state index is -0.301. The van der Waals surface area contributed by atoms with Crippen molar-refractivity contribution in [3.8, 4) is 5.75 Å². The summed E-state index contributed by atoms with van der Waals surface area (Å²) in [7, 11) is 1.60. The number of hydrogen-bond acceptors (Lipinski definition) is 6. The fourth-order valence-corrected chi connectivity index (χ4v) is 10.5. The largest absolute Gasteiger partial charge is 0.497 e. The molecule has 3 fully saturated rings. The summed E-state index contributed by atoms with van der Waals surface area (Å²) in [5, 5.41) is 1.14. The van der Waals surface area contributed by atoms with Gasteiger partial charge in [-0.05, 0) is 65.0 Å². The van der Waals surface area contributed by atoms with E-state index >= 15 is 0 Å². The summed E-state index contributed by atoms with van der Waals surface area (Å²) in [6, 6.07) is 16.0. The molecule has 2 bridgehead atoms. The van der Waals surface area contributed by atoms with Crippen molar-refractivity contribution in [2.45, 2.75) is 48.8 Å². The van der Waals surface area contributed by atoms with Crippen LogP contribution in [0, 0.1) is 29.6 Å². The molecule has 2 aromatic carbocycles. The lowest BCUT2D eigenvalue weighted by molar-refractivity contribution is -0.123. The predicted molar refractivity (Wildman–Crippen MR) is 149 cm³/mol. The number of rotatable bonds is 3. The Hall–Kier alpha value is -2.84. The summed E-state index contributed by atoms with van der Waals surface area (Å²) < 4.78 is 5.26. The van der Waals surface area contributed by atoms with Crippen LogP contribution in [0.1, 0.15) is 49.1 Å². The van der Waals surface area contributed by atoms with Gasteiger partial charge in [0.05, 0.1) is 29.7 Å². The van der Waals surface area contributed by atoms with Crippen LogP contribution in [0.4, 0.5) is 5.69 Å². The van der Waals surface area contributed by atoms with Crippen molar-refractivity contribution in [2.24, 2.45) is 29.6 Å². The van der Waals surface area contributed by atoms with Gasteiger partial charge in [-0.3, -0.25) is 19.3 Å². The smallest absolute Gasteiger partial charge is 0.305 e. The molecule has 7 rings (SSSR count). The molecule has 8 heteroatoms. The molecule has 0 spiro atoms.